The highest BCUT2D eigenvalue weighted by Crippen LogP contribution is 2.33. The molecule has 108 valence electrons. The van der Waals surface area contributed by atoms with Crippen LogP contribution >= 0.6 is 0 Å². The number of carbonyl (C=O) groups excluding carboxylic acids is 2. The molecule has 0 unspecified atom stereocenters. The van der Waals surface area contributed by atoms with Crippen molar-refractivity contribution in [2.45, 2.75) is 44.1 Å². The summed E-state index contributed by atoms with van der Waals surface area (Å²) in [5, 5.41) is 7.12. The van der Waals surface area contributed by atoms with Crippen LogP contribution in [0.25, 0.3) is 0 Å². The van der Waals surface area contributed by atoms with Crippen LogP contribution in [0.3, 0.4) is 0 Å². The molecule has 1 spiro atoms. The Labute approximate surface area is 118 Å². The zero-order valence-electron chi connectivity index (χ0n) is 11.8. The fraction of sp³-hybridized carbons (Fsp3) is 0.643. The number of aromatic nitrogens is 2. The standard InChI is InChI=1S/C14H20N4O2/c1-17-10-11(9-15-17)18-8-5-12(19)16-14(13(18)20)6-3-2-4-7-14/h9-10H,2-8H2,1H3,(H,16,19). The zero-order chi connectivity index (χ0) is 14.2. The van der Waals surface area contributed by atoms with E-state index in [1.807, 2.05) is 13.2 Å². The molecule has 6 nitrogen and oxygen atoms in total. The number of aryl methyl sites for hydroxylation is 1. The lowest BCUT2D eigenvalue weighted by Gasteiger charge is -2.37. The summed E-state index contributed by atoms with van der Waals surface area (Å²) in [6.45, 7) is 0.429. The topological polar surface area (TPSA) is 67.2 Å². The molecular weight excluding hydrogens is 256 g/mol. The molecule has 1 aliphatic carbocycles. The molecule has 2 heterocycles. The maximum absolute atomic E-state index is 13.0. The lowest BCUT2D eigenvalue weighted by molar-refractivity contribution is -0.131. The van der Waals surface area contributed by atoms with Gasteiger partial charge in [-0.25, -0.2) is 0 Å². The highest BCUT2D eigenvalue weighted by Gasteiger charge is 2.45. The Kier molecular flexibility index (Phi) is 3.23. The summed E-state index contributed by atoms with van der Waals surface area (Å²) in [5.74, 6) is 0.00249. The van der Waals surface area contributed by atoms with Gasteiger partial charge in [-0.05, 0) is 12.8 Å². The lowest BCUT2D eigenvalue weighted by atomic mass is 9.80. The Morgan fingerprint density at radius 2 is 2.00 bits per heavy atom. The smallest absolute Gasteiger partial charge is 0.252 e. The molecule has 1 aliphatic heterocycles. The summed E-state index contributed by atoms with van der Waals surface area (Å²) in [6, 6.07) is 0. The highest BCUT2D eigenvalue weighted by molar-refractivity contribution is 6.04. The quantitative estimate of drug-likeness (QED) is 0.831. The van der Waals surface area contributed by atoms with Crippen LogP contribution in [0.1, 0.15) is 38.5 Å². The van der Waals surface area contributed by atoms with Crippen LogP contribution in [0.4, 0.5) is 5.69 Å². The van der Waals surface area contributed by atoms with Crippen LogP contribution in [0, 0.1) is 0 Å². The first-order valence-corrected chi connectivity index (χ1v) is 7.22. The normalized spacial score (nSPS) is 22.8. The summed E-state index contributed by atoms with van der Waals surface area (Å²) >= 11 is 0. The average Bonchev–Trinajstić information content (AvgIpc) is 2.81. The third-order valence-electron chi connectivity index (χ3n) is 4.31. The molecule has 2 aliphatic rings. The molecule has 1 saturated heterocycles. The molecule has 1 N–H and O–H groups in total. The Morgan fingerprint density at radius 1 is 1.25 bits per heavy atom. The number of amides is 2. The van der Waals surface area contributed by atoms with Crippen molar-refractivity contribution in [2.75, 3.05) is 11.4 Å². The maximum Gasteiger partial charge on any atom is 0.252 e. The molecule has 3 rings (SSSR count). The average molecular weight is 276 g/mol. The van der Waals surface area contributed by atoms with E-state index in [4.69, 9.17) is 0 Å². The Morgan fingerprint density at radius 3 is 2.65 bits per heavy atom. The van der Waals surface area contributed by atoms with Gasteiger partial charge in [0.1, 0.15) is 5.54 Å². The number of rotatable bonds is 1. The molecule has 2 fully saturated rings. The first-order chi connectivity index (χ1) is 9.61. The van der Waals surface area contributed by atoms with Gasteiger partial charge in [-0.2, -0.15) is 5.10 Å². The fourth-order valence-electron chi connectivity index (χ4n) is 3.24. The molecule has 0 aromatic carbocycles. The van der Waals surface area contributed by atoms with Gasteiger partial charge < -0.3 is 10.2 Å². The minimum Gasteiger partial charge on any atom is -0.342 e. The van der Waals surface area contributed by atoms with Gasteiger partial charge in [0.25, 0.3) is 5.91 Å². The number of nitrogens with one attached hydrogen (secondary N) is 1. The van der Waals surface area contributed by atoms with Crippen molar-refractivity contribution < 1.29 is 9.59 Å². The molecule has 1 aromatic heterocycles. The Hall–Kier alpha value is -1.85. The predicted octanol–water partition coefficient (Wildman–Crippen LogP) is 0.976. The van der Waals surface area contributed by atoms with Gasteiger partial charge >= 0.3 is 0 Å². The monoisotopic (exact) mass is 276 g/mol. The SMILES string of the molecule is Cn1cc(N2CCC(=O)NC3(CCCCC3)C2=O)cn1. The van der Waals surface area contributed by atoms with Crippen LogP contribution in [0.5, 0.6) is 0 Å². The molecule has 0 atom stereocenters. The second-order valence-electron chi connectivity index (χ2n) is 5.77. The van der Waals surface area contributed by atoms with Gasteiger partial charge in [0.15, 0.2) is 0 Å². The molecule has 0 bridgehead atoms. The van der Waals surface area contributed by atoms with E-state index in [1.54, 1.807) is 15.8 Å². The number of carbonyl (C=O) groups is 2. The van der Waals surface area contributed by atoms with Crippen LogP contribution in [-0.2, 0) is 16.6 Å². The summed E-state index contributed by atoms with van der Waals surface area (Å²) in [5.41, 5.74) is 0.0840. The first-order valence-electron chi connectivity index (χ1n) is 7.22. The summed E-state index contributed by atoms with van der Waals surface area (Å²) < 4.78 is 1.68. The van der Waals surface area contributed by atoms with E-state index < -0.39 is 5.54 Å². The van der Waals surface area contributed by atoms with E-state index in [2.05, 4.69) is 10.4 Å². The lowest BCUT2D eigenvalue weighted by Crippen LogP contribution is -2.58. The van der Waals surface area contributed by atoms with E-state index in [0.29, 0.717) is 13.0 Å². The van der Waals surface area contributed by atoms with Gasteiger partial charge in [0.05, 0.1) is 11.9 Å². The maximum atomic E-state index is 13.0. The largest absolute Gasteiger partial charge is 0.342 e. The van der Waals surface area contributed by atoms with Crippen molar-refractivity contribution >= 4 is 17.5 Å². The number of hydrogen-bond acceptors (Lipinski definition) is 3. The number of hydrogen-bond donors (Lipinski definition) is 1. The second-order valence-corrected chi connectivity index (χ2v) is 5.77. The van der Waals surface area contributed by atoms with Crippen molar-refractivity contribution in [3.8, 4) is 0 Å². The second kappa shape index (κ2) is 4.92. The van der Waals surface area contributed by atoms with Gasteiger partial charge in [-0.1, -0.05) is 19.3 Å². The fourth-order valence-corrected chi connectivity index (χ4v) is 3.24. The first kappa shape index (κ1) is 13.1. The van der Waals surface area contributed by atoms with E-state index in [0.717, 1.165) is 37.8 Å². The van der Waals surface area contributed by atoms with Gasteiger partial charge in [0, 0.05) is 26.2 Å². The molecule has 20 heavy (non-hydrogen) atoms. The molecule has 1 aromatic rings. The summed E-state index contributed by atoms with van der Waals surface area (Å²) in [7, 11) is 1.82. The van der Waals surface area contributed by atoms with E-state index in [1.165, 1.54) is 0 Å². The summed E-state index contributed by atoms with van der Waals surface area (Å²) in [6.07, 6.45) is 8.47. The zero-order valence-corrected chi connectivity index (χ0v) is 11.8. The van der Waals surface area contributed by atoms with Crippen LogP contribution in [0.15, 0.2) is 12.4 Å². The van der Waals surface area contributed by atoms with Gasteiger partial charge in [-0.15, -0.1) is 0 Å². The van der Waals surface area contributed by atoms with Gasteiger partial charge in [0.2, 0.25) is 5.91 Å². The minimum absolute atomic E-state index is 0.0216. The molecule has 0 radical (unpaired) electrons. The van der Waals surface area contributed by atoms with Crippen LogP contribution in [0.2, 0.25) is 0 Å². The molecular formula is C14H20N4O2. The van der Waals surface area contributed by atoms with Crippen molar-refractivity contribution in [3.63, 3.8) is 0 Å². The van der Waals surface area contributed by atoms with Crippen molar-refractivity contribution in [1.29, 1.82) is 0 Å². The van der Waals surface area contributed by atoms with Crippen LogP contribution < -0.4 is 10.2 Å². The molecule has 1 saturated carbocycles. The van der Waals surface area contributed by atoms with Crippen molar-refractivity contribution in [1.82, 2.24) is 15.1 Å². The molecule has 2 amide bonds. The van der Waals surface area contributed by atoms with E-state index >= 15 is 0 Å². The third-order valence-corrected chi connectivity index (χ3v) is 4.31. The van der Waals surface area contributed by atoms with E-state index in [-0.39, 0.29) is 11.8 Å². The minimum atomic E-state index is -0.693. The van der Waals surface area contributed by atoms with Crippen molar-refractivity contribution in [2.24, 2.45) is 7.05 Å². The highest BCUT2D eigenvalue weighted by atomic mass is 16.2. The number of anilines is 1. The summed E-state index contributed by atoms with van der Waals surface area (Å²) in [4.78, 5) is 26.6. The Balaban J connectivity index is 1.94. The molecule has 6 heteroatoms. The Bertz CT molecular complexity index is 531. The van der Waals surface area contributed by atoms with Gasteiger partial charge in [-0.3, -0.25) is 14.3 Å². The third kappa shape index (κ3) is 2.19. The van der Waals surface area contributed by atoms with Crippen LogP contribution in [-0.4, -0.2) is 33.7 Å². The number of nitrogens with zero attached hydrogens (tertiary/aromatic N) is 3. The van der Waals surface area contributed by atoms with E-state index in [9.17, 15) is 9.59 Å². The predicted molar refractivity (Wildman–Crippen MR) is 74.1 cm³/mol. The van der Waals surface area contributed by atoms with Crippen molar-refractivity contribution in [3.05, 3.63) is 12.4 Å².